The van der Waals surface area contributed by atoms with Crippen LogP contribution in [0.2, 0.25) is 0 Å². The zero-order valence-corrected chi connectivity index (χ0v) is 10.9. The number of benzene rings is 1. The van der Waals surface area contributed by atoms with Crippen molar-refractivity contribution in [1.82, 2.24) is 0 Å². The van der Waals surface area contributed by atoms with Gasteiger partial charge in [-0.3, -0.25) is 0 Å². The molecule has 0 aliphatic heterocycles. The first-order valence-corrected chi connectivity index (χ1v) is 6.41. The number of hydrogen-bond donors (Lipinski definition) is 1. The molecule has 1 aromatic carbocycles. The van der Waals surface area contributed by atoms with Gasteiger partial charge in [-0.1, -0.05) is 32.0 Å². The van der Waals surface area contributed by atoms with Gasteiger partial charge in [-0.05, 0) is 24.5 Å². The summed E-state index contributed by atoms with van der Waals surface area (Å²) in [6.45, 7) is 5.26. The normalized spacial score (nSPS) is 13.3. The van der Waals surface area contributed by atoms with Crippen molar-refractivity contribution in [3.8, 4) is 0 Å². The van der Waals surface area contributed by atoms with Gasteiger partial charge in [-0.15, -0.1) is 0 Å². The van der Waals surface area contributed by atoms with E-state index in [1.54, 1.807) is 0 Å². The van der Waals surface area contributed by atoms with Crippen molar-refractivity contribution in [3.63, 3.8) is 0 Å². The lowest BCUT2D eigenvalue weighted by Crippen LogP contribution is -2.08. The molecule has 1 N–H and O–H groups in total. The van der Waals surface area contributed by atoms with E-state index in [0.717, 1.165) is 17.4 Å². The third kappa shape index (κ3) is 3.34. The molecule has 2 aromatic rings. The smallest absolute Gasteiger partial charge is 0.136 e. The average Bonchev–Trinajstić information content (AvgIpc) is 2.78. The summed E-state index contributed by atoms with van der Waals surface area (Å²) in [5, 5.41) is 11.0. The lowest BCUT2D eigenvalue weighted by atomic mass is 10.1. The predicted molar refractivity (Wildman–Crippen MR) is 71.4 cm³/mol. The van der Waals surface area contributed by atoms with Crippen LogP contribution >= 0.6 is 0 Å². The molecular formula is C15H20O3. The summed E-state index contributed by atoms with van der Waals surface area (Å²) >= 11 is 0. The molecular weight excluding hydrogens is 228 g/mol. The van der Waals surface area contributed by atoms with Crippen molar-refractivity contribution in [2.75, 3.05) is 13.2 Å². The molecule has 0 aliphatic carbocycles. The molecule has 2 rings (SSSR count). The highest BCUT2D eigenvalue weighted by Crippen LogP contribution is 2.23. The third-order valence-corrected chi connectivity index (χ3v) is 2.89. The van der Waals surface area contributed by atoms with E-state index in [-0.39, 0.29) is 6.61 Å². The van der Waals surface area contributed by atoms with Crippen LogP contribution in [0.15, 0.2) is 34.7 Å². The van der Waals surface area contributed by atoms with Gasteiger partial charge in [0.2, 0.25) is 0 Å². The molecule has 98 valence electrons. The van der Waals surface area contributed by atoms with Gasteiger partial charge in [0.05, 0.1) is 6.61 Å². The van der Waals surface area contributed by atoms with E-state index in [0.29, 0.717) is 18.3 Å². The Hall–Kier alpha value is -1.32. The van der Waals surface area contributed by atoms with Crippen molar-refractivity contribution < 1.29 is 14.3 Å². The largest absolute Gasteiger partial charge is 0.458 e. The first-order chi connectivity index (χ1) is 8.66. The van der Waals surface area contributed by atoms with Crippen molar-refractivity contribution in [3.05, 3.63) is 36.1 Å². The molecule has 1 aromatic heterocycles. The zero-order chi connectivity index (χ0) is 13.0. The van der Waals surface area contributed by atoms with Gasteiger partial charge >= 0.3 is 0 Å². The Balaban J connectivity index is 1.90. The van der Waals surface area contributed by atoms with Crippen LogP contribution in [-0.2, 0) is 4.74 Å². The minimum absolute atomic E-state index is 0.284. The maximum absolute atomic E-state index is 9.97. The summed E-state index contributed by atoms with van der Waals surface area (Å²) in [6.07, 6.45) is 0.317. The van der Waals surface area contributed by atoms with Crippen molar-refractivity contribution in [2.45, 2.75) is 26.4 Å². The second kappa shape index (κ2) is 6.03. The number of fused-ring (bicyclic) bond motifs is 1. The number of aliphatic hydroxyl groups is 1. The molecule has 0 amide bonds. The van der Waals surface area contributed by atoms with Crippen LogP contribution in [-0.4, -0.2) is 18.3 Å². The SMILES string of the molecule is CC(C)CCOCC(O)c1cc2ccccc2o1. The van der Waals surface area contributed by atoms with Gasteiger partial charge < -0.3 is 14.3 Å². The second-order valence-electron chi connectivity index (χ2n) is 4.96. The lowest BCUT2D eigenvalue weighted by molar-refractivity contribution is 0.0221. The summed E-state index contributed by atoms with van der Waals surface area (Å²) in [5.41, 5.74) is 0.800. The molecule has 0 saturated heterocycles. The van der Waals surface area contributed by atoms with Gasteiger partial charge in [0, 0.05) is 12.0 Å². The predicted octanol–water partition coefficient (Wildman–Crippen LogP) is 3.53. The number of hydrogen-bond acceptors (Lipinski definition) is 3. The maximum atomic E-state index is 9.97. The van der Waals surface area contributed by atoms with E-state index in [1.807, 2.05) is 30.3 Å². The fourth-order valence-corrected chi connectivity index (χ4v) is 1.76. The minimum Gasteiger partial charge on any atom is -0.458 e. The van der Waals surface area contributed by atoms with Crippen LogP contribution in [0.25, 0.3) is 11.0 Å². The fraction of sp³-hybridized carbons (Fsp3) is 0.467. The third-order valence-electron chi connectivity index (χ3n) is 2.89. The van der Waals surface area contributed by atoms with E-state index in [9.17, 15) is 5.11 Å². The molecule has 3 heteroatoms. The highest BCUT2D eigenvalue weighted by Gasteiger charge is 2.13. The standard InChI is InChI=1S/C15H20O3/c1-11(2)7-8-17-10-13(16)15-9-12-5-3-4-6-14(12)18-15/h3-6,9,11,13,16H,7-8,10H2,1-2H3. The Morgan fingerprint density at radius 2 is 2.06 bits per heavy atom. The molecule has 0 fully saturated rings. The number of aliphatic hydroxyl groups excluding tert-OH is 1. The molecule has 0 saturated carbocycles. The van der Waals surface area contributed by atoms with Crippen molar-refractivity contribution in [2.24, 2.45) is 5.92 Å². The summed E-state index contributed by atoms with van der Waals surface area (Å²) in [5.74, 6) is 1.19. The Morgan fingerprint density at radius 1 is 1.28 bits per heavy atom. The van der Waals surface area contributed by atoms with E-state index in [2.05, 4.69) is 13.8 Å². The van der Waals surface area contributed by atoms with Crippen molar-refractivity contribution in [1.29, 1.82) is 0 Å². The fourth-order valence-electron chi connectivity index (χ4n) is 1.76. The van der Waals surface area contributed by atoms with Crippen LogP contribution in [0.4, 0.5) is 0 Å². The molecule has 0 bridgehead atoms. The Bertz CT molecular complexity index is 454. The molecule has 3 nitrogen and oxygen atoms in total. The van der Waals surface area contributed by atoms with E-state index >= 15 is 0 Å². The summed E-state index contributed by atoms with van der Waals surface area (Å²) in [6, 6.07) is 9.60. The molecule has 1 heterocycles. The molecule has 0 radical (unpaired) electrons. The summed E-state index contributed by atoms with van der Waals surface area (Å²) in [4.78, 5) is 0. The topological polar surface area (TPSA) is 42.6 Å². The molecule has 1 unspecified atom stereocenters. The van der Waals surface area contributed by atoms with Crippen LogP contribution in [0.5, 0.6) is 0 Å². The van der Waals surface area contributed by atoms with Gasteiger partial charge in [-0.2, -0.15) is 0 Å². The van der Waals surface area contributed by atoms with E-state index in [1.165, 1.54) is 0 Å². The Labute approximate surface area is 107 Å². The zero-order valence-electron chi connectivity index (χ0n) is 10.9. The summed E-state index contributed by atoms with van der Waals surface area (Å²) in [7, 11) is 0. The van der Waals surface area contributed by atoms with Gasteiger partial charge in [0.1, 0.15) is 17.4 Å². The highest BCUT2D eigenvalue weighted by atomic mass is 16.5. The number of furan rings is 1. The Kier molecular flexibility index (Phi) is 4.39. The van der Waals surface area contributed by atoms with Gasteiger partial charge in [0.25, 0.3) is 0 Å². The van der Waals surface area contributed by atoms with E-state index < -0.39 is 6.10 Å². The quantitative estimate of drug-likeness (QED) is 0.795. The summed E-state index contributed by atoms with van der Waals surface area (Å²) < 4.78 is 11.0. The average molecular weight is 248 g/mol. The van der Waals surface area contributed by atoms with Gasteiger partial charge in [-0.25, -0.2) is 0 Å². The monoisotopic (exact) mass is 248 g/mol. The first-order valence-electron chi connectivity index (χ1n) is 6.41. The lowest BCUT2D eigenvalue weighted by Gasteiger charge is -2.09. The second-order valence-corrected chi connectivity index (χ2v) is 4.96. The van der Waals surface area contributed by atoms with Crippen LogP contribution < -0.4 is 0 Å². The van der Waals surface area contributed by atoms with Crippen LogP contribution in [0, 0.1) is 5.92 Å². The molecule has 0 aliphatic rings. The minimum atomic E-state index is -0.690. The number of para-hydroxylation sites is 1. The van der Waals surface area contributed by atoms with Gasteiger partial charge in [0.15, 0.2) is 0 Å². The maximum Gasteiger partial charge on any atom is 0.136 e. The number of ether oxygens (including phenoxy) is 1. The van der Waals surface area contributed by atoms with Crippen LogP contribution in [0.1, 0.15) is 32.1 Å². The number of rotatable bonds is 6. The van der Waals surface area contributed by atoms with E-state index in [4.69, 9.17) is 9.15 Å². The molecule has 18 heavy (non-hydrogen) atoms. The first kappa shape index (κ1) is 13.1. The van der Waals surface area contributed by atoms with Crippen molar-refractivity contribution >= 4 is 11.0 Å². The Morgan fingerprint density at radius 3 is 2.78 bits per heavy atom. The molecule has 1 atom stereocenters. The highest BCUT2D eigenvalue weighted by molar-refractivity contribution is 5.77. The van der Waals surface area contributed by atoms with Crippen LogP contribution in [0.3, 0.4) is 0 Å². The molecule has 0 spiro atoms.